The number of halogens is 2. The van der Waals surface area contributed by atoms with Crippen molar-refractivity contribution in [1.82, 2.24) is 9.99 Å². The number of nitrogens with one attached hydrogen (secondary N) is 1. The van der Waals surface area contributed by atoms with Gasteiger partial charge >= 0.3 is 0 Å². The molecule has 0 fully saturated rings. The van der Waals surface area contributed by atoms with Crippen LogP contribution >= 0.6 is 11.6 Å². The summed E-state index contributed by atoms with van der Waals surface area (Å²) in [6, 6.07) is 19.4. The van der Waals surface area contributed by atoms with Gasteiger partial charge in [-0.05, 0) is 81.8 Å². The molecule has 202 valence electrons. The summed E-state index contributed by atoms with van der Waals surface area (Å²) < 4.78 is 44.4. The molecule has 0 spiro atoms. The number of carbonyl (C=O) groups excluding carboxylic acids is 1. The van der Waals surface area contributed by atoms with Crippen molar-refractivity contribution in [1.29, 1.82) is 0 Å². The second-order valence-electron chi connectivity index (χ2n) is 9.16. The Bertz CT molecular complexity index is 1660. The molecular formula is C29H28ClFN4O3S. The number of hydrogen-bond donors (Lipinski definition) is 1. The predicted octanol–water partition coefficient (Wildman–Crippen LogP) is 5.85. The minimum absolute atomic E-state index is 0.0549. The van der Waals surface area contributed by atoms with E-state index in [0.717, 1.165) is 21.3 Å². The highest BCUT2D eigenvalue weighted by molar-refractivity contribution is 7.92. The van der Waals surface area contributed by atoms with Crippen LogP contribution in [0.25, 0.3) is 5.69 Å². The molecule has 7 nitrogen and oxygen atoms in total. The molecule has 0 aliphatic heterocycles. The van der Waals surface area contributed by atoms with Crippen LogP contribution in [0.3, 0.4) is 0 Å². The Balaban J connectivity index is 1.59. The molecule has 4 rings (SSSR count). The van der Waals surface area contributed by atoms with Gasteiger partial charge in [0.25, 0.3) is 15.9 Å². The number of nitrogens with zero attached hydrogens (tertiary/aromatic N) is 3. The number of anilines is 1. The molecule has 0 atom stereocenters. The quantitative estimate of drug-likeness (QED) is 0.214. The van der Waals surface area contributed by atoms with Gasteiger partial charge in [-0.25, -0.2) is 18.2 Å². The topological polar surface area (TPSA) is 83.8 Å². The molecular weight excluding hydrogens is 539 g/mol. The summed E-state index contributed by atoms with van der Waals surface area (Å²) in [7, 11) is -4.08. The van der Waals surface area contributed by atoms with E-state index >= 15 is 0 Å². The molecule has 0 saturated carbocycles. The zero-order chi connectivity index (χ0) is 28.3. The van der Waals surface area contributed by atoms with E-state index < -0.39 is 22.5 Å². The van der Waals surface area contributed by atoms with Gasteiger partial charge < -0.3 is 4.57 Å². The first-order valence-electron chi connectivity index (χ1n) is 12.1. The number of para-hydroxylation sites is 1. The normalized spacial score (nSPS) is 11.6. The van der Waals surface area contributed by atoms with Gasteiger partial charge in [-0.1, -0.05) is 41.4 Å². The van der Waals surface area contributed by atoms with Gasteiger partial charge in [0.1, 0.15) is 12.4 Å². The molecule has 1 heterocycles. The molecule has 4 aromatic rings. The van der Waals surface area contributed by atoms with Crippen LogP contribution < -0.4 is 9.73 Å². The zero-order valence-corrected chi connectivity index (χ0v) is 23.5. The van der Waals surface area contributed by atoms with E-state index in [9.17, 15) is 17.6 Å². The van der Waals surface area contributed by atoms with Crippen LogP contribution in [0.5, 0.6) is 0 Å². The summed E-state index contributed by atoms with van der Waals surface area (Å²) in [6.07, 6.45) is 1.45. The van der Waals surface area contributed by atoms with Crippen LogP contribution in [0.4, 0.5) is 10.1 Å². The number of carbonyl (C=O) groups is 1. The van der Waals surface area contributed by atoms with Gasteiger partial charge in [0, 0.05) is 22.0 Å². The number of benzene rings is 3. The van der Waals surface area contributed by atoms with Crippen molar-refractivity contribution >= 4 is 39.4 Å². The number of rotatable bonds is 8. The van der Waals surface area contributed by atoms with Crippen LogP contribution in [0.1, 0.15) is 28.1 Å². The lowest BCUT2D eigenvalue weighted by atomic mass is 10.2. The molecule has 3 aromatic carbocycles. The lowest BCUT2D eigenvalue weighted by molar-refractivity contribution is -0.119. The highest BCUT2D eigenvalue weighted by atomic mass is 35.5. The first-order valence-corrected chi connectivity index (χ1v) is 13.9. The first kappa shape index (κ1) is 28.1. The summed E-state index contributed by atoms with van der Waals surface area (Å²) in [5.41, 5.74) is 6.85. The molecule has 0 unspecified atom stereocenters. The Morgan fingerprint density at radius 3 is 2.38 bits per heavy atom. The lowest BCUT2D eigenvalue weighted by Gasteiger charge is -2.25. The molecule has 0 saturated heterocycles. The van der Waals surface area contributed by atoms with E-state index in [2.05, 4.69) is 10.5 Å². The third kappa shape index (κ3) is 6.05. The standard InChI is InChI=1S/C29H28ClFN4O3S/c1-19-9-12-25(13-10-19)39(37,38)34(27-14-11-24(30)15-20(27)2)18-29(36)33-32-17-23-16-21(3)35(22(23)4)28-8-6-5-7-26(28)31/h5-17H,18H2,1-4H3,(H,33,36)/b32-17+. The molecule has 0 radical (unpaired) electrons. The summed E-state index contributed by atoms with van der Waals surface area (Å²) in [5.74, 6) is -0.998. The molecule has 10 heteroatoms. The summed E-state index contributed by atoms with van der Waals surface area (Å²) in [5, 5.41) is 4.50. The Hall–Kier alpha value is -3.95. The lowest BCUT2D eigenvalue weighted by Crippen LogP contribution is -2.40. The highest BCUT2D eigenvalue weighted by Crippen LogP contribution is 2.29. The molecule has 0 aliphatic rings. The van der Waals surface area contributed by atoms with Gasteiger partial charge in [-0.2, -0.15) is 5.10 Å². The van der Waals surface area contributed by atoms with Gasteiger partial charge in [0.2, 0.25) is 0 Å². The Kier molecular flexibility index (Phi) is 8.22. The van der Waals surface area contributed by atoms with Crippen molar-refractivity contribution in [3.63, 3.8) is 0 Å². The second-order valence-corrected chi connectivity index (χ2v) is 11.5. The van der Waals surface area contributed by atoms with Crippen LogP contribution in [0.15, 0.2) is 82.8 Å². The largest absolute Gasteiger partial charge is 0.315 e. The minimum Gasteiger partial charge on any atom is -0.315 e. The van der Waals surface area contributed by atoms with E-state index in [1.165, 1.54) is 24.4 Å². The Morgan fingerprint density at radius 1 is 1.03 bits per heavy atom. The molecule has 1 amide bonds. The zero-order valence-electron chi connectivity index (χ0n) is 21.9. The third-order valence-electron chi connectivity index (χ3n) is 6.28. The number of aromatic nitrogens is 1. The van der Waals surface area contributed by atoms with Crippen molar-refractivity contribution in [3.05, 3.63) is 112 Å². The number of amides is 1. The summed E-state index contributed by atoms with van der Waals surface area (Å²) in [4.78, 5) is 13.0. The fourth-order valence-corrected chi connectivity index (χ4v) is 6.01. The third-order valence-corrected chi connectivity index (χ3v) is 8.29. The van der Waals surface area contributed by atoms with Gasteiger partial charge in [-0.3, -0.25) is 9.10 Å². The van der Waals surface area contributed by atoms with Crippen molar-refractivity contribution in [2.24, 2.45) is 5.10 Å². The fourth-order valence-electron chi connectivity index (χ4n) is 4.30. The smallest absolute Gasteiger partial charge is 0.264 e. The maximum absolute atomic E-state index is 14.4. The van der Waals surface area contributed by atoms with Crippen LogP contribution in [0.2, 0.25) is 5.02 Å². The first-order chi connectivity index (χ1) is 18.5. The summed E-state index contributed by atoms with van der Waals surface area (Å²) >= 11 is 6.09. The van der Waals surface area contributed by atoms with Crippen molar-refractivity contribution in [2.45, 2.75) is 32.6 Å². The highest BCUT2D eigenvalue weighted by Gasteiger charge is 2.28. The monoisotopic (exact) mass is 566 g/mol. The van der Waals surface area contributed by atoms with E-state index in [0.29, 0.717) is 27.5 Å². The van der Waals surface area contributed by atoms with E-state index in [1.807, 2.05) is 26.8 Å². The SMILES string of the molecule is Cc1ccc(S(=O)(=O)N(CC(=O)N/N=C/c2cc(C)n(-c3ccccc3F)c2C)c2ccc(Cl)cc2C)cc1. The number of hydrazone groups is 1. The Labute approximate surface area is 232 Å². The molecule has 0 bridgehead atoms. The van der Waals surface area contributed by atoms with Crippen LogP contribution in [0, 0.1) is 33.5 Å². The fraction of sp³-hybridized carbons (Fsp3) is 0.172. The van der Waals surface area contributed by atoms with E-state index in [-0.39, 0.29) is 10.7 Å². The van der Waals surface area contributed by atoms with Crippen molar-refractivity contribution in [3.8, 4) is 5.69 Å². The number of sulfonamides is 1. The van der Waals surface area contributed by atoms with Gasteiger partial charge in [-0.15, -0.1) is 0 Å². The average molecular weight is 567 g/mol. The maximum Gasteiger partial charge on any atom is 0.264 e. The van der Waals surface area contributed by atoms with E-state index in [1.54, 1.807) is 60.0 Å². The molecule has 1 aromatic heterocycles. The minimum atomic E-state index is -4.08. The Morgan fingerprint density at radius 2 is 1.72 bits per heavy atom. The summed E-state index contributed by atoms with van der Waals surface area (Å²) in [6.45, 7) is 6.74. The van der Waals surface area contributed by atoms with Gasteiger partial charge in [0.05, 0.1) is 22.5 Å². The number of hydrogen-bond acceptors (Lipinski definition) is 4. The molecule has 39 heavy (non-hydrogen) atoms. The molecule has 1 N–H and O–H groups in total. The maximum atomic E-state index is 14.4. The van der Waals surface area contributed by atoms with Crippen LogP contribution in [-0.2, 0) is 14.8 Å². The van der Waals surface area contributed by atoms with E-state index in [4.69, 9.17) is 11.6 Å². The number of aryl methyl sites for hydroxylation is 3. The average Bonchev–Trinajstić information content (AvgIpc) is 3.16. The second kappa shape index (κ2) is 11.4. The van der Waals surface area contributed by atoms with Gasteiger partial charge in [0.15, 0.2) is 0 Å². The van der Waals surface area contributed by atoms with Crippen LogP contribution in [-0.4, -0.2) is 31.7 Å². The molecule has 0 aliphatic carbocycles. The predicted molar refractivity (Wildman–Crippen MR) is 153 cm³/mol. The van der Waals surface area contributed by atoms with Crippen molar-refractivity contribution < 1.29 is 17.6 Å². The van der Waals surface area contributed by atoms with Crippen molar-refractivity contribution in [2.75, 3.05) is 10.8 Å².